The first-order valence-electron chi connectivity index (χ1n) is 7.99. The number of nitrogens with two attached hydrogens (primary N) is 1. The molecule has 1 saturated carbocycles. The van der Waals surface area contributed by atoms with Crippen LogP contribution in [-0.4, -0.2) is 6.54 Å². The van der Waals surface area contributed by atoms with Gasteiger partial charge < -0.3 is 5.73 Å². The molecule has 1 aromatic rings. The number of benzene rings is 1. The number of hydrogen-bond acceptors (Lipinski definition) is 1. The average Bonchev–Trinajstić information content (AvgIpc) is 2.49. The van der Waals surface area contributed by atoms with Gasteiger partial charge in [0.05, 0.1) is 0 Å². The topological polar surface area (TPSA) is 26.0 Å². The molecule has 0 amide bonds. The van der Waals surface area contributed by atoms with Crippen LogP contribution in [0.1, 0.15) is 57.1 Å². The molecule has 2 rings (SSSR count). The summed E-state index contributed by atoms with van der Waals surface area (Å²) in [6.07, 6.45) is 9.02. The quantitative estimate of drug-likeness (QED) is 0.836. The van der Waals surface area contributed by atoms with Crippen LogP contribution in [0.5, 0.6) is 0 Å². The monoisotopic (exact) mass is 259 g/mol. The second-order valence-corrected chi connectivity index (χ2v) is 6.40. The fourth-order valence-electron chi connectivity index (χ4n) is 3.48. The molecule has 0 bridgehead atoms. The maximum atomic E-state index is 6.13. The lowest BCUT2D eigenvalue weighted by molar-refractivity contribution is 0.153. The minimum Gasteiger partial charge on any atom is -0.330 e. The van der Waals surface area contributed by atoms with Crippen LogP contribution in [0, 0.1) is 11.3 Å². The van der Waals surface area contributed by atoms with Crippen molar-refractivity contribution in [2.24, 2.45) is 17.1 Å². The fraction of sp³-hybridized carbons (Fsp3) is 0.667. The molecule has 0 spiro atoms. The van der Waals surface area contributed by atoms with Crippen LogP contribution in [0.25, 0.3) is 0 Å². The van der Waals surface area contributed by atoms with E-state index in [0.29, 0.717) is 5.41 Å². The summed E-state index contributed by atoms with van der Waals surface area (Å²) in [6.45, 7) is 5.38. The zero-order chi connectivity index (χ0) is 13.7. The highest BCUT2D eigenvalue weighted by Crippen LogP contribution is 2.41. The molecule has 1 aromatic carbocycles. The Bertz CT molecular complexity index is 371. The molecule has 0 heterocycles. The van der Waals surface area contributed by atoms with Crippen LogP contribution in [0.3, 0.4) is 0 Å². The van der Waals surface area contributed by atoms with Gasteiger partial charge in [-0.25, -0.2) is 0 Å². The van der Waals surface area contributed by atoms with Crippen molar-refractivity contribution < 1.29 is 0 Å². The maximum absolute atomic E-state index is 6.13. The zero-order valence-corrected chi connectivity index (χ0v) is 12.6. The fourth-order valence-corrected chi connectivity index (χ4v) is 3.48. The SMILES string of the molecule is CCc1ccc(CC2(CN)CCC(CC)CC2)cc1. The number of rotatable bonds is 5. The lowest BCUT2D eigenvalue weighted by Crippen LogP contribution is -2.36. The molecule has 1 fully saturated rings. The molecule has 2 N–H and O–H groups in total. The van der Waals surface area contributed by atoms with E-state index in [2.05, 4.69) is 38.1 Å². The van der Waals surface area contributed by atoms with Gasteiger partial charge in [0.2, 0.25) is 0 Å². The summed E-state index contributed by atoms with van der Waals surface area (Å²) in [5.41, 5.74) is 9.40. The van der Waals surface area contributed by atoms with E-state index >= 15 is 0 Å². The molecule has 1 heteroatoms. The lowest BCUT2D eigenvalue weighted by Gasteiger charge is -2.39. The molecular weight excluding hydrogens is 230 g/mol. The molecule has 0 aliphatic heterocycles. The second kappa shape index (κ2) is 6.56. The first-order valence-corrected chi connectivity index (χ1v) is 7.99. The van der Waals surface area contributed by atoms with Crippen LogP contribution in [-0.2, 0) is 12.8 Å². The van der Waals surface area contributed by atoms with Gasteiger partial charge in [0.1, 0.15) is 0 Å². The minimum atomic E-state index is 0.374. The van der Waals surface area contributed by atoms with Crippen LogP contribution in [0.4, 0.5) is 0 Å². The van der Waals surface area contributed by atoms with Crippen LogP contribution < -0.4 is 5.73 Å². The zero-order valence-electron chi connectivity index (χ0n) is 12.6. The molecule has 0 saturated heterocycles. The summed E-state index contributed by atoms with van der Waals surface area (Å²) in [7, 11) is 0. The third-order valence-corrected chi connectivity index (χ3v) is 5.19. The summed E-state index contributed by atoms with van der Waals surface area (Å²) in [4.78, 5) is 0. The molecule has 0 unspecified atom stereocenters. The van der Waals surface area contributed by atoms with Crippen molar-refractivity contribution in [1.82, 2.24) is 0 Å². The Hall–Kier alpha value is -0.820. The van der Waals surface area contributed by atoms with E-state index in [0.717, 1.165) is 18.9 Å². The smallest absolute Gasteiger partial charge is 0.00173 e. The van der Waals surface area contributed by atoms with Crippen LogP contribution >= 0.6 is 0 Å². The lowest BCUT2D eigenvalue weighted by atomic mass is 9.67. The second-order valence-electron chi connectivity index (χ2n) is 6.40. The van der Waals surface area contributed by atoms with Crippen molar-refractivity contribution in [3.8, 4) is 0 Å². The van der Waals surface area contributed by atoms with Crippen molar-refractivity contribution in [2.75, 3.05) is 6.54 Å². The van der Waals surface area contributed by atoms with Crippen molar-refractivity contribution in [3.05, 3.63) is 35.4 Å². The van der Waals surface area contributed by atoms with Gasteiger partial charge in [0, 0.05) is 0 Å². The van der Waals surface area contributed by atoms with Gasteiger partial charge >= 0.3 is 0 Å². The summed E-state index contributed by atoms with van der Waals surface area (Å²) >= 11 is 0. The molecule has 0 atom stereocenters. The van der Waals surface area contributed by atoms with Gasteiger partial charge in [-0.1, -0.05) is 44.5 Å². The van der Waals surface area contributed by atoms with Crippen LogP contribution in [0.15, 0.2) is 24.3 Å². The molecule has 0 radical (unpaired) electrons. The Morgan fingerprint density at radius 1 is 1.05 bits per heavy atom. The molecule has 1 aliphatic rings. The first-order chi connectivity index (χ1) is 9.21. The van der Waals surface area contributed by atoms with Crippen molar-refractivity contribution in [1.29, 1.82) is 0 Å². The predicted molar refractivity (Wildman–Crippen MR) is 83.3 cm³/mol. The summed E-state index contributed by atoms with van der Waals surface area (Å²) in [5.74, 6) is 0.946. The van der Waals surface area contributed by atoms with Gasteiger partial charge in [-0.05, 0) is 67.5 Å². The highest BCUT2D eigenvalue weighted by Gasteiger charge is 2.33. The van der Waals surface area contributed by atoms with E-state index < -0.39 is 0 Å². The van der Waals surface area contributed by atoms with Gasteiger partial charge in [-0.3, -0.25) is 0 Å². The van der Waals surface area contributed by atoms with Gasteiger partial charge in [-0.15, -0.1) is 0 Å². The summed E-state index contributed by atoms with van der Waals surface area (Å²) < 4.78 is 0. The molecule has 1 aliphatic carbocycles. The largest absolute Gasteiger partial charge is 0.330 e. The third-order valence-electron chi connectivity index (χ3n) is 5.19. The molecular formula is C18H29N. The minimum absolute atomic E-state index is 0.374. The van der Waals surface area contributed by atoms with E-state index in [1.807, 2.05) is 0 Å². The summed E-state index contributed by atoms with van der Waals surface area (Å²) in [5, 5.41) is 0. The Kier molecular flexibility index (Phi) is 5.04. The van der Waals surface area contributed by atoms with E-state index in [4.69, 9.17) is 5.73 Å². The Balaban J connectivity index is 2.02. The van der Waals surface area contributed by atoms with Gasteiger partial charge in [0.15, 0.2) is 0 Å². The van der Waals surface area contributed by atoms with Crippen molar-refractivity contribution >= 4 is 0 Å². The van der Waals surface area contributed by atoms with Gasteiger partial charge in [0.25, 0.3) is 0 Å². The highest BCUT2D eigenvalue weighted by atomic mass is 14.6. The Morgan fingerprint density at radius 3 is 2.11 bits per heavy atom. The molecule has 106 valence electrons. The van der Waals surface area contributed by atoms with Gasteiger partial charge in [-0.2, -0.15) is 0 Å². The molecule has 0 aromatic heterocycles. The predicted octanol–water partition coefficient (Wildman–Crippen LogP) is 4.34. The van der Waals surface area contributed by atoms with Crippen molar-refractivity contribution in [2.45, 2.75) is 58.8 Å². The number of aryl methyl sites for hydroxylation is 1. The van der Waals surface area contributed by atoms with E-state index in [1.54, 1.807) is 0 Å². The van der Waals surface area contributed by atoms with Crippen molar-refractivity contribution in [3.63, 3.8) is 0 Å². The maximum Gasteiger partial charge on any atom is -0.00173 e. The first kappa shape index (κ1) is 14.6. The molecule has 1 nitrogen and oxygen atoms in total. The van der Waals surface area contributed by atoms with Crippen LogP contribution in [0.2, 0.25) is 0 Å². The third kappa shape index (κ3) is 3.60. The van der Waals surface area contributed by atoms with E-state index in [-0.39, 0.29) is 0 Å². The van der Waals surface area contributed by atoms with E-state index in [9.17, 15) is 0 Å². The Morgan fingerprint density at radius 2 is 1.63 bits per heavy atom. The van der Waals surface area contributed by atoms with E-state index in [1.165, 1.54) is 49.7 Å². The highest BCUT2D eigenvalue weighted by molar-refractivity contribution is 5.23. The number of hydrogen-bond donors (Lipinski definition) is 1. The standard InChI is InChI=1S/C18H29N/c1-3-15-5-7-17(8-6-15)13-18(14-19)11-9-16(4-2)10-12-18/h5-8,16H,3-4,9-14,19H2,1-2H3. The normalized spacial score (nSPS) is 27.4. The molecule has 19 heavy (non-hydrogen) atoms. The summed E-state index contributed by atoms with van der Waals surface area (Å²) in [6, 6.07) is 9.17. The Labute approximate surface area is 118 Å². The average molecular weight is 259 g/mol.